The van der Waals surface area contributed by atoms with Crippen LogP contribution in [-0.4, -0.2) is 31.1 Å². The van der Waals surface area contributed by atoms with E-state index in [0.717, 1.165) is 18.4 Å². The predicted octanol–water partition coefficient (Wildman–Crippen LogP) is 1.28. The van der Waals surface area contributed by atoms with Crippen LogP contribution >= 0.6 is 0 Å². The van der Waals surface area contributed by atoms with Crippen molar-refractivity contribution in [2.75, 3.05) is 11.5 Å². The smallest absolute Gasteiger partial charge is 0.150 e. The highest BCUT2D eigenvalue weighted by atomic mass is 32.2. The molecule has 1 aliphatic rings. The second kappa shape index (κ2) is 4.94. The minimum Gasteiger partial charge on any atom is -0.389 e. The lowest BCUT2D eigenvalue weighted by molar-refractivity contribution is 0.223. The van der Waals surface area contributed by atoms with Crippen LogP contribution in [0.1, 0.15) is 32.6 Å². The summed E-state index contributed by atoms with van der Waals surface area (Å²) in [6.45, 7) is 1.87. The molecule has 1 atom stereocenters. The Bertz CT molecular complexity index is 303. The first-order valence-corrected chi connectivity index (χ1v) is 6.93. The molecule has 14 heavy (non-hydrogen) atoms. The normalized spacial score (nSPS) is 22.4. The van der Waals surface area contributed by atoms with E-state index in [-0.39, 0.29) is 17.6 Å². The standard InChI is InChI=1S/C10H18O3S/c1-2-6-14(12,13)7-5-9-3-4-10(11)8-9/h8,10-11H,2-7H2,1H3. The van der Waals surface area contributed by atoms with Gasteiger partial charge in [-0.3, -0.25) is 0 Å². The summed E-state index contributed by atoms with van der Waals surface area (Å²) in [5, 5.41) is 9.21. The Morgan fingerprint density at radius 2 is 2.21 bits per heavy atom. The fourth-order valence-corrected chi connectivity index (χ4v) is 3.08. The average molecular weight is 218 g/mol. The molecule has 0 bridgehead atoms. The van der Waals surface area contributed by atoms with E-state index >= 15 is 0 Å². The zero-order valence-electron chi connectivity index (χ0n) is 8.57. The number of aliphatic hydroxyl groups is 1. The van der Waals surface area contributed by atoms with Crippen LogP contribution < -0.4 is 0 Å². The molecule has 0 radical (unpaired) electrons. The predicted molar refractivity (Wildman–Crippen MR) is 56.9 cm³/mol. The van der Waals surface area contributed by atoms with Crippen LogP contribution in [-0.2, 0) is 9.84 Å². The molecule has 1 unspecified atom stereocenters. The van der Waals surface area contributed by atoms with Gasteiger partial charge in [0.2, 0.25) is 0 Å². The van der Waals surface area contributed by atoms with Crippen molar-refractivity contribution in [2.45, 2.75) is 38.7 Å². The largest absolute Gasteiger partial charge is 0.389 e. The molecule has 3 nitrogen and oxygen atoms in total. The molecule has 1 rings (SSSR count). The Hall–Kier alpha value is -0.350. The van der Waals surface area contributed by atoms with Crippen molar-refractivity contribution in [1.82, 2.24) is 0 Å². The summed E-state index contributed by atoms with van der Waals surface area (Å²) >= 11 is 0. The first kappa shape index (κ1) is 11.7. The average Bonchev–Trinajstić information content (AvgIpc) is 2.48. The van der Waals surface area contributed by atoms with Crippen molar-refractivity contribution in [2.24, 2.45) is 0 Å². The Balaban J connectivity index is 2.37. The second-order valence-electron chi connectivity index (χ2n) is 3.83. The number of sulfone groups is 1. The molecule has 0 saturated heterocycles. The van der Waals surface area contributed by atoms with Gasteiger partial charge in [-0.05, 0) is 25.7 Å². The Kier molecular flexibility index (Phi) is 4.13. The first-order valence-electron chi connectivity index (χ1n) is 5.11. The maximum absolute atomic E-state index is 11.4. The van der Waals surface area contributed by atoms with Gasteiger partial charge in [0.1, 0.15) is 0 Å². The molecule has 0 spiro atoms. The van der Waals surface area contributed by atoms with Crippen LogP contribution in [0.15, 0.2) is 11.6 Å². The van der Waals surface area contributed by atoms with Crippen LogP contribution in [0.3, 0.4) is 0 Å². The number of aliphatic hydroxyl groups excluding tert-OH is 1. The highest BCUT2D eigenvalue weighted by molar-refractivity contribution is 7.91. The van der Waals surface area contributed by atoms with Crippen LogP contribution in [0.5, 0.6) is 0 Å². The molecular weight excluding hydrogens is 200 g/mol. The third-order valence-corrected chi connectivity index (χ3v) is 4.30. The molecule has 0 heterocycles. The third-order valence-electron chi connectivity index (χ3n) is 2.44. The van der Waals surface area contributed by atoms with Crippen molar-refractivity contribution in [3.05, 3.63) is 11.6 Å². The maximum Gasteiger partial charge on any atom is 0.150 e. The summed E-state index contributed by atoms with van der Waals surface area (Å²) in [4.78, 5) is 0. The molecule has 0 aromatic rings. The Morgan fingerprint density at radius 3 is 2.71 bits per heavy atom. The molecule has 1 aliphatic carbocycles. The molecule has 0 aromatic carbocycles. The Labute approximate surface area is 85.7 Å². The second-order valence-corrected chi connectivity index (χ2v) is 6.14. The van der Waals surface area contributed by atoms with E-state index in [1.807, 2.05) is 6.92 Å². The van der Waals surface area contributed by atoms with Gasteiger partial charge in [0, 0.05) is 5.75 Å². The van der Waals surface area contributed by atoms with Crippen molar-refractivity contribution >= 4 is 9.84 Å². The molecule has 4 heteroatoms. The van der Waals surface area contributed by atoms with Crippen molar-refractivity contribution in [3.63, 3.8) is 0 Å². The van der Waals surface area contributed by atoms with Crippen molar-refractivity contribution in [1.29, 1.82) is 0 Å². The van der Waals surface area contributed by atoms with Crippen LogP contribution in [0, 0.1) is 0 Å². The van der Waals surface area contributed by atoms with Crippen molar-refractivity contribution in [3.8, 4) is 0 Å². The van der Waals surface area contributed by atoms with E-state index in [1.54, 1.807) is 6.08 Å². The quantitative estimate of drug-likeness (QED) is 0.707. The number of hydrogen-bond donors (Lipinski definition) is 1. The fraction of sp³-hybridized carbons (Fsp3) is 0.800. The topological polar surface area (TPSA) is 54.4 Å². The van der Waals surface area contributed by atoms with Crippen molar-refractivity contribution < 1.29 is 13.5 Å². The van der Waals surface area contributed by atoms with E-state index in [9.17, 15) is 13.5 Å². The minimum atomic E-state index is -2.86. The number of allylic oxidation sites excluding steroid dienone is 1. The summed E-state index contributed by atoms with van der Waals surface area (Å²) in [5.74, 6) is 0.516. The molecule has 0 fully saturated rings. The van der Waals surface area contributed by atoms with E-state index in [2.05, 4.69) is 0 Å². The van der Waals surface area contributed by atoms with Gasteiger partial charge in [-0.2, -0.15) is 0 Å². The summed E-state index contributed by atoms with van der Waals surface area (Å²) < 4.78 is 22.8. The van der Waals surface area contributed by atoms with Gasteiger partial charge in [-0.25, -0.2) is 8.42 Å². The zero-order chi connectivity index (χ0) is 10.6. The summed E-state index contributed by atoms with van der Waals surface area (Å²) in [5.41, 5.74) is 1.09. The number of hydrogen-bond acceptors (Lipinski definition) is 3. The molecule has 0 amide bonds. The van der Waals surface area contributed by atoms with E-state index in [1.165, 1.54) is 0 Å². The summed E-state index contributed by atoms with van der Waals surface area (Å²) in [6, 6.07) is 0. The molecule has 1 N–H and O–H groups in total. The highest BCUT2D eigenvalue weighted by Gasteiger charge is 2.15. The molecular formula is C10H18O3S. The minimum absolute atomic E-state index is 0.236. The third kappa shape index (κ3) is 3.80. The lowest BCUT2D eigenvalue weighted by atomic mass is 10.2. The molecule has 0 saturated carbocycles. The maximum atomic E-state index is 11.4. The van der Waals surface area contributed by atoms with Gasteiger partial charge in [-0.1, -0.05) is 18.6 Å². The van der Waals surface area contributed by atoms with Gasteiger partial charge < -0.3 is 5.11 Å². The van der Waals surface area contributed by atoms with E-state index in [0.29, 0.717) is 12.8 Å². The Morgan fingerprint density at radius 1 is 1.50 bits per heavy atom. The monoisotopic (exact) mass is 218 g/mol. The number of rotatable bonds is 5. The van der Waals surface area contributed by atoms with Gasteiger partial charge in [0.05, 0.1) is 11.9 Å². The summed E-state index contributed by atoms with van der Waals surface area (Å²) in [6.07, 6.45) is 4.33. The lowest BCUT2D eigenvalue weighted by Gasteiger charge is -2.02. The van der Waals surface area contributed by atoms with Gasteiger partial charge in [-0.15, -0.1) is 0 Å². The molecule has 82 valence electrons. The fourth-order valence-electron chi connectivity index (χ4n) is 1.68. The van der Waals surface area contributed by atoms with Gasteiger partial charge >= 0.3 is 0 Å². The van der Waals surface area contributed by atoms with Crippen LogP contribution in [0.4, 0.5) is 0 Å². The van der Waals surface area contributed by atoms with Gasteiger partial charge in [0.15, 0.2) is 9.84 Å². The van der Waals surface area contributed by atoms with Crippen LogP contribution in [0.25, 0.3) is 0 Å². The SMILES string of the molecule is CCCS(=O)(=O)CCC1=CC(O)CC1. The molecule has 0 aromatic heterocycles. The van der Waals surface area contributed by atoms with E-state index in [4.69, 9.17) is 0 Å². The zero-order valence-corrected chi connectivity index (χ0v) is 9.39. The van der Waals surface area contributed by atoms with E-state index < -0.39 is 9.84 Å². The summed E-state index contributed by atoms with van der Waals surface area (Å²) in [7, 11) is -2.86. The first-order chi connectivity index (χ1) is 6.53. The molecule has 0 aliphatic heterocycles. The lowest BCUT2D eigenvalue weighted by Crippen LogP contribution is -2.10. The van der Waals surface area contributed by atoms with Gasteiger partial charge in [0.25, 0.3) is 0 Å². The highest BCUT2D eigenvalue weighted by Crippen LogP contribution is 2.21. The van der Waals surface area contributed by atoms with Crippen LogP contribution in [0.2, 0.25) is 0 Å².